The van der Waals surface area contributed by atoms with Crippen LogP contribution in [0, 0.1) is 6.92 Å². The minimum atomic E-state index is 0.646. The summed E-state index contributed by atoms with van der Waals surface area (Å²) in [5, 5.41) is 0. The average Bonchev–Trinajstić information content (AvgIpc) is 2.82. The first-order valence-corrected chi connectivity index (χ1v) is 7.57. The summed E-state index contributed by atoms with van der Waals surface area (Å²) in [6.07, 6.45) is 0. The van der Waals surface area contributed by atoms with Crippen molar-refractivity contribution in [3.05, 3.63) is 46.6 Å². The fourth-order valence-corrected chi connectivity index (χ4v) is 2.69. The number of aromatic nitrogens is 2. The Labute approximate surface area is 131 Å². The number of imidazole rings is 1. The molecule has 0 aliphatic rings. The molecular weight excluding hydrogens is 330 g/mol. The van der Waals surface area contributed by atoms with E-state index in [9.17, 15) is 0 Å². The van der Waals surface area contributed by atoms with Gasteiger partial charge in [0.1, 0.15) is 22.9 Å². The zero-order valence-electron chi connectivity index (χ0n) is 11.9. The highest BCUT2D eigenvalue weighted by atomic mass is 79.9. The Hall–Kier alpha value is -2.01. The summed E-state index contributed by atoms with van der Waals surface area (Å²) in [5.41, 5.74) is 9.94. The number of fused-ring (bicyclic) bond motifs is 1. The van der Waals surface area contributed by atoms with Crippen molar-refractivity contribution in [3.63, 3.8) is 0 Å². The quantitative estimate of drug-likeness (QED) is 0.778. The monoisotopic (exact) mass is 345 g/mol. The molecule has 2 aromatic heterocycles. The second kappa shape index (κ2) is 5.41. The number of hydrogen-bond donors (Lipinski definition) is 1. The lowest BCUT2D eigenvalue weighted by atomic mass is 10.1. The van der Waals surface area contributed by atoms with Crippen molar-refractivity contribution >= 4 is 27.4 Å². The predicted molar refractivity (Wildman–Crippen MR) is 88.6 cm³/mol. The summed E-state index contributed by atoms with van der Waals surface area (Å²) in [7, 11) is 0. The van der Waals surface area contributed by atoms with Crippen LogP contribution in [-0.4, -0.2) is 16.0 Å². The Bertz CT molecular complexity index is 793. The molecule has 0 aliphatic carbocycles. The molecule has 0 fully saturated rings. The maximum atomic E-state index is 6.29. The van der Waals surface area contributed by atoms with E-state index in [0.29, 0.717) is 12.4 Å². The molecule has 0 radical (unpaired) electrons. The van der Waals surface area contributed by atoms with Gasteiger partial charge in [0.15, 0.2) is 0 Å². The fraction of sp³-hybridized carbons (Fsp3) is 0.188. The maximum Gasteiger partial charge on any atom is 0.139 e. The van der Waals surface area contributed by atoms with Gasteiger partial charge in [-0.2, -0.15) is 0 Å². The van der Waals surface area contributed by atoms with Gasteiger partial charge in [-0.25, -0.2) is 4.98 Å². The van der Waals surface area contributed by atoms with E-state index in [0.717, 1.165) is 32.8 Å². The number of hydrogen-bond acceptors (Lipinski definition) is 3. The summed E-state index contributed by atoms with van der Waals surface area (Å²) in [6, 6.07) is 11.8. The van der Waals surface area contributed by atoms with Crippen molar-refractivity contribution in [2.75, 3.05) is 12.3 Å². The molecule has 0 aliphatic heterocycles. The molecule has 0 spiro atoms. The second-order valence-corrected chi connectivity index (χ2v) is 5.62. The molecular formula is C16H16BrN3O. The van der Waals surface area contributed by atoms with Crippen LogP contribution in [0.1, 0.15) is 12.6 Å². The van der Waals surface area contributed by atoms with E-state index >= 15 is 0 Å². The topological polar surface area (TPSA) is 52.5 Å². The van der Waals surface area contributed by atoms with E-state index in [1.807, 2.05) is 54.6 Å². The van der Waals surface area contributed by atoms with Crippen LogP contribution in [-0.2, 0) is 0 Å². The van der Waals surface area contributed by atoms with E-state index in [1.54, 1.807) is 0 Å². The zero-order valence-corrected chi connectivity index (χ0v) is 13.5. The number of benzene rings is 1. The second-order valence-electron chi connectivity index (χ2n) is 4.76. The molecule has 0 amide bonds. The standard InChI is InChI=1S/C16H16BrN3O/c1-3-21-12-6-4-11(5-7-12)15-16(18)20-10(2)13(17)8-9-14(20)19-15/h4-9H,3,18H2,1-2H3. The van der Waals surface area contributed by atoms with Crippen LogP contribution in [0.15, 0.2) is 40.9 Å². The van der Waals surface area contributed by atoms with Gasteiger partial charge < -0.3 is 10.5 Å². The third-order valence-corrected chi connectivity index (χ3v) is 4.28. The lowest BCUT2D eigenvalue weighted by molar-refractivity contribution is 0.340. The number of anilines is 1. The molecule has 1 aromatic carbocycles. The Morgan fingerprint density at radius 2 is 1.90 bits per heavy atom. The van der Waals surface area contributed by atoms with Crippen LogP contribution in [0.2, 0.25) is 0 Å². The predicted octanol–water partition coefficient (Wildman–Crippen LogP) is 4.05. The Morgan fingerprint density at radius 1 is 1.19 bits per heavy atom. The minimum Gasteiger partial charge on any atom is -0.494 e. The van der Waals surface area contributed by atoms with Gasteiger partial charge in [-0.3, -0.25) is 4.40 Å². The summed E-state index contributed by atoms with van der Waals surface area (Å²) in [4.78, 5) is 4.64. The van der Waals surface area contributed by atoms with Gasteiger partial charge >= 0.3 is 0 Å². The van der Waals surface area contributed by atoms with E-state index < -0.39 is 0 Å². The van der Waals surface area contributed by atoms with Crippen molar-refractivity contribution in [1.29, 1.82) is 0 Å². The molecule has 4 nitrogen and oxygen atoms in total. The SMILES string of the molecule is CCOc1ccc(-c2nc3ccc(Br)c(C)n3c2N)cc1. The number of nitrogen functional groups attached to an aromatic ring is 1. The highest BCUT2D eigenvalue weighted by Crippen LogP contribution is 2.30. The minimum absolute atomic E-state index is 0.646. The highest BCUT2D eigenvalue weighted by molar-refractivity contribution is 9.10. The van der Waals surface area contributed by atoms with Gasteiger partial charge in [0.05, 0.1) is 6.61 Å². The number of pyridine rings is 1. The first-order chi connectivity index (χ1) is 10.1. The molecule has 3 rings (SSSR count). The molecule has 0 unspecified atom stereocenters. The van der Waals surface area contributed by atoms with Gasteiger partial charge in [0.25, 0.3) is 0 Å². The molecule has 0 saturated carbocycles. The summed E-state index contributed by atoms with van der Waals surface area (Å²) >= 11 is 3.52. The lowest BCUT2D eigenvalue weighted by Crippen LogP contribution is -1.98. The number of rotatable bonds is 3. The zero-order chi connectivity index (χ0) is 15.0. The maximum absolute atomic E-state index is 6.29. The van der Waals surface area contributed by atoms with Crippen LogP contribution in [0.25, 0.3) is 16.9 Å². The summed E-state index contributed by atoms with van der Waals surface area (Å²) < 4.78 is 8.42. The van der Waals surface area contributed by atoms with E-state index in [-0.39, 0.29) is 0 Å². The van der Waals surface area contributed by atoms with Crippen LogP contribution in [0.3, 0.4) is 0 Å². The van der Waals surface area contributed by atoms with Gasteiger partial charge in [0, 0.05) is 15.7 Å². The Morgan fingerprint density at radius 3 is 2.57 bits per heavy atom. The highest BCUT2D eigenvalue weighted by Gasteiger charge is 2.13. The van der Waals surface area contributed by atoms with Crippen molar-refractivity contribution in [3.8, 4) is 17.0 Å². The van der Waals surface area contributed by atoms with Crippen LogP contribution in [0.4, 0.5) is 5.82 Å². The first-order valence-electron chi connectivity index (χ1n) is 6.78. The fourth-order valence-electron chi connectivity index (χ4n) is 2.38. The van der Waals surface area contributed by atoms with Crippen molar-refractivity contribution < 1.29 is 4.74 Å². The largest absolute Gasteiger partial charge is 0.494 e. The molecule has 108 valence electrons. The van der Waals surface area contributed by atoms with E-state index in [1.165, 1.54) is 0 Å². The number of nitrogens with zero attached hydrogens (tertiary/aromatic N) is 2. The van der Waals surface area contributed by atoms with Crippen molar-refractivity contribution in [2.24, 2.45) is 0 Å². The number of nitrogens with two attached hydrogens (primary N) is 1. The average molecular weight is 346 g/mol. The van der Waals surface area contributed by atoms with E-state index in [2.05, 4.69) is 20.9 Å². The van der Waals surface area contributed by atoms with E-state index in [4.69, 9.17) is 10.5 Å². The van der Waals surface area contributed by atoms with Crippen molar-refractivity contribution in [2.45, 2.75) is 13.8 Å². The van der Waals surface area contributed by atoms with Crippen LogP contribution >= 0.6 is 15.9 Å². The van der Waals surface area contributed by atoms with Gasteiger partial charge in [0.2, 0.25) is 0 Å². The number of aryl methyl sites for hydroxylation is 1. The number of halogens is 1. The smallest absolute Gasteiger partial charge is 0.139 e. The molecule has 2 heterocycles. The third-order valence-electron chi connectivity index (χ3n) is 3.44. The lowest BCUT2D eigenvalue weighted by Gasteiger charge is -2.05. The Kier molecular flexibility index (Phi) is 3.59. The molecule has 0 saturated heterocycles. The molecule has 5 heteroatoms. The molecule has 21 heavy (non-hydrogen) atoms. The number of ether oxygens (including phenoxy) is 1. The van der Waals surface area contributed by atoms with Gasteiger partial charge in [-0.15, -0.1) is 0 Å². The summed E-state index contributed by atoms with van der Waals surface area (Å²) in [5.74, 6) is 1.50. The van der Waals surface area contributed by atoms with Gasteiger partial charge in [-0.1, -0.05) is 0 Å². The molecule has 0 bridgehead atoms. The van der Waals surface area contributed by atoms with Crippen LogP contribution in [0.5, 0.6) is 5.75 Å². The van der Waals surface area contributed by atoms with Gasteiger partial charge in [-0.05, 0) is 66.2 Å². The Balaban J connectivity index is 2.12. The molecule has 3 aromatic rings. The van der Waals surface area contributed by atoms with Crippen molar-refractivity contribution in [1.82, 2.24) is 9.38 Å². The summed E-state index contributed by atoms with van der Waals surface area (Å²) in [6.45, 7) is 4.63. The normalized spacial score (nSPS) is 11.0. The molecule has 2 N–H and O–H groups in total. The van der Waals surface area contributed by atoms with Crippen LogP contribution < -0.4 is 10.5 Å². The molecule has 0 atom stereocenters. The first kappa shape index (κ1) is 13.9. The third kappa shape index (κ3) is 2.38.